The van der Waals surface area contributed by atoms with Gasteiger partial charge in [-0.15, -0.1) is 0 Å². The molecule has 5 heteroatoms. The van der Waals surface area contributed by atoms with E-state index in [0.717, 1.165) is 48.9 Å². The topological polar surface area (TPSA) is 54.3 Å². The quantitative estimate of drug-likeness (QED) is 0.480. The molecule has 2 aromatic carbocycles. The number of aryl methyl sites for hydroxylation is 1. The van der Waals surface area contributed by atoms with Crippen LogP contribution in [0.4, 0.5) is 0 Å². The summed E-state index contributed by atoms with van der Waals surface area (Å²) in [5.74, 6) is 0.556. The second-order valence-corrected chi connectivity index (χ2v) is 10.8. The average Bonchev–Trinajstić information content (AvgIpc) is 3.32. The number of nitrogens with zero attached hydrogens (tertiary/aromatic N) is 2. The Labute approximate surface area is 214 Å². The summed E-state index contributed by atoms with van der Waals surface area (Å²) >= 11 is 0. The summed E-state index contributed by atoms with van der Waals surface area (Å²) in [7, 11) is 0. The number of carbonyl (C=O) groups is 2. The Morgan fingerprint density at radius 1 is 0.917 bits per heavy atom. The van der Waals surface area contributed by atoms with E-state index in [1.807, 2.05) is 41.8 Å². The molecule has 0 radical (unpaired) electrons. The molecule has 1 fully saturated rings. The SMILES string of the molecule is CCc1ccc(CN2C(=O)c3ccc(-c4ccccc4)n3C[C@]2(C)C(=O)NC2CCC(C)CC2)cc1. The van der Waals surface area contributed by atoms with Crippen molar-refractivity contribution in [3.8, 4) is 11.3 Å². The number of fused-ring (bicyclic) bond motifs is 1. The summed E-state index contributed by atoms with van der Waals surface area (Å²) in [6.07, 6.45) is 5.24. The second-order valence-electron chi connectivity index (χ2n) is 10.8. The zero-order valence-corrected chi connectivity index (χ0v) is 21.7. The Hall–Kier alpha value is -3.34. The highest BCUT2D eigenvalue weighted by Crippen LogP contribution is 2.35. The van der Waals surface area contributed by atoms with Crippen molar-refractivity contribution in [2.75, 3.05) is 0 Å². The van der Waals surface area contributed by atoms with Crippen molar-refractivity contribution in [1.82, 2.24) is 14.8 Å². The highest BCUT2D eigenvalue weighted by atomic mass is 16.2. The van der Waals surface area contributed by atoms with E-state index < -0.39 is 5.54 Å². The van der Waals surface area contributed by atoms with E-state index in [1.165, 1.54) is 5.56 Å². The number of hydrogen-bond donors (Lipinski definition) is 1. The molecule has 3 aromatic rings. The zero-order chi connectivity index (χ0) is 25.3. The molecule has 0 unspecified atom stereocenters. The van der Waals surface area contributed by atoms with Crippen LogP contribution in [0.25, 0.3) is 11.3 Å². The molecule has 2 amide bonds. The van der Waals surface area contributed by atoms with Crippen LogP contribution in [0.5, 0.6) is 0 Å². The lowest BCUT2D eigenvalue weighted by molar-refractivity contribution is -0.134. The minimum Gasteiger partial charge on any atom is -0.351 e. The number of aromatic nitrogens is 1. The predicted octanol–water partition coefficient (Wildman–Crippen LogP) is 5.83. The van der Waals surface area contributed by atoms with Crippen LogP contribution < -0.4 is 5.32 Å². The van der Waals surface area contributed by atoms with Gasteiger partial charge in [-0.1, -0.05) is 68.4 Å². The van der Waals surface area contributed by atoms with Crippen LogP contribution in [0.2, 0.25) is 0 Å². The van der Waals surface area contributed by atoms with E-state index in [-0.39, 0.29) is 17.9 Å². The van der Waals surface area contributed by atoms with E-state index in [2.05, 4.69) is 55.6 Å². The molecular weight excluding hydrogens is 446 g/mol. The first-order valence-electron chi connectivity index (χ1n) is 13.3. The smallest absolute Gasteiger partial charge is 0.271 e. The van der Waals surface area contributed by atoms with Crippen LogP contribution in [-0.2, 0) is 24.3 Å². The molecule has 5 rings (SSSR count). The summed E-state index contributed by atoms with van der Waals surface area (Å²) in [5, 5.41) is 3.34. The third-order valence-electron chi connectivity index (χ3n) is 8.19. The van der Waals surface area contributed by atoms with Crippen LogP contribution >= 0.6 is 0 Å². The maximum atomic E-state index is 14.0. The number of nitrogens with one attached hydrogen (secondary N) is 1. The fourth-order valence-corrected chi connectivity index (χ4v) is 5.69. The van der Waals surface area contributed by atoms with Crippen molar-refractivity contribution in [1.29, 1.82) is 0 Å². The molecule has 0 saturated heterocycles. The van der Waals surface area contributed by atoms with Gasteiger partial charge in [-0.05, 0) is 73.8 Å². The van der Waals surface area contributed by atoms with Gasteiger partial charge in [0.25, 0.3) is 5.91 Å². The fraction of sp³-hybridized carbons (Fsp3) is 0.419. The van der Waals surface area contributed by atoms with Crippen molar-refractivity contribution < 1.29 is 9.59 Å². The van der Waals surface area contributed by atoms with Crippen molar-refractivity contribution in [2.45, 2.75) is 77.5 Å². The molecular formula is C31H37N3O2. The molecule has 1 atom stereocenters. The average molecular weight is 484 g/mol. The third kappa shape index (κ3) is 4.59. The molecule has 0 bridgehead atoms. The lowest BCUT2D eigenvalue weighted by Gasteiger charge is -2.45. The minimum absolute atomic E-state index is 0.0565. The van der Waals surface area contributed by atoms with E-state index in [1.54, 1.807) is 4.90 Å². The summed E-state index contributed by atoms with van der Waals surface area (Å²) in [6, 6.07) is 22.6. The zero-order valence-electron chi connectivity index (χ0n) is 21.7. The summed E-state index contributed by atoms with van der Waals surface area (Å²) in [5.41, 5.74) is 3.95. The van der Waals surface area contributed by atoms with Gasteiger partial charge in [0, 0.05) is 18.3 Å². The third-order valence-corrected chi connectivity index (χ3v) is 8.19. The molecule has 5 nitrogen and oxygen atoms in total. The molecule has 36 heavy (non-hydrogen) atoms. The summed E-state index contributed by atoms with van der Waals surface area (Å²) < 4.78 is 2.04. The molecule has 1 aliphatic heterocycles. The first kappa shape index (κ1) is 24.4. The Kier molecular flexibility index (Phi) is 6.74. The summed E-state index contributed by atoms with van der Waals surface area (Å²) in [4.78, 5) is 29.7. The standard InChI is InChI=1S/C31H37N3O2/c1-4-23-12-14-24(15-13-23)20-34-29(35)28-19-18-27(25-8-6-5-7-9-25)33(28)21-31(34,3)30(36)32-26-16-10-22(2)11-17-26/h5-9,12-15,18-19,22,26H,4,10-11,16-17,20-21H2,1-3H3,(H,32,36)/t22?,26?,31-/m1/s1. The molecule has 1 aromatic heterocycles. The maximum absolute atomic E-state index is 14.0. The van der Waals surface area contributed by atoms with E-state index in [9.17, 15) is 9.59 Å². The van der Waals surface area contributed by atoms with Crippen LogP contribution in [0.3, 0.4) is 0 Å². The largest absolute Gasteiger partial charge is 0.351 e. The van der Waals surface area contributed by atoms with Gasteiger partial charge >= 0.3 is 0 Å². The molecule has 1 N–H and O–H groups in total. The van der Waals surface area contributed by atoms with Crippen molar-refractivity contribution >= 4 is 11.8 Å². The Balaban J connectivity index is 1.50. The number of benzene rings is 2. The van der Waals surface area contributed by atoms with Gasteiger partial charge in [0.1, 0.15) is 11.2 Å². The molecule has 1 aliphatic carbocycles. The molecule has 1 saturated carbocycles. The van der Waals surface area contributed by atoms with Crippen LogP contribution in [0.1, 0.15) is 68.1 Å². The Morgan fingerprint density at radius 2 is 1.56 bits per heavy atom. The van der Waals surface area contributed by atoms with Gasteiger partial charge in [0.2, 0.25) is 5.91 Å². The van der Waals surface area contributed by atoms with Gasteiger partial charge in [0.15, 0.2) is 0 Å². The highest BCUT2D eigenvalue weighted by molar-refractivity contribution is 6.00. The molecule has 2 heterocycles. The predicted molar refractivity (Wildman–Crippen MR) is 144 cm³/mol. The Morgan fingerprint density at radius 3 is 2.22 bits per heavy atom. The van der Waals surface area contributed by atoms with Crippen molar-refractivity contribution in [2.24, 2.45) is 5.92 Å². The highest BCUT2D eigenvalue weighted by Gasteiger charge is 2.48. The van der Waals surface area contributed by atoms with Gasteiger partial charge < -0.3 is 14.8 Å². The van der Waals surface area contributed by atoms with E-state index in [0.29, 0.717) is 24.7 Å². The van der Waals surface area contributed by atoms with Gasteiger partial charge in [-0.25, -0.2) is 0 Å². The number of amides is 2. The van der Waals surface area contributed by atoms with Crippen LogP contribution in [-0.4, -0.2) is 32.9 Å². The van der Waals surface area contributed by atoms with Crippen LogP contribution in [0.15, 0.2) is 66.7 Å². The number of carbonyl (C=O) groups excluding carboxylic acids is 2. The summed E-state index contributed by atoms with van der Waals surface area (Å²) in [6.45, 7) is 7.18. The van der Waals surface area contributed by atoms with E-state index in [4.69, 9.17) is 0 Å². The van der Waals surface area contributed by atoms with Gasteiger partial charge in [-0.3, -0.25) is 9.59 Å². The monoisotopic (exact) mass is 483 g/mol. The fourth-order valence-electron chi connectivity index (χ4n) is 5.69. The normalized spacial score (nSPS) is 23.9. The molecule has 0 spiro atoms. The maximum Gasteiger partial charge on any atom is 0.271 e. The molecule has 2 aliphatic rings. The lowest BCUT2D eigenvalue weighted by Crippen LogP contribution is -2.64. The first-order valence-corrected chi connectivity index (χ1v) is 13.3. The minimum atomic E-state index is -1.00. The van der Waals surface area contributed by atoms with Crippen molar-refractivity contribution in [3.05, 3.63) is 83.6 Å². The number of hydrogen-bond acceptors (Lipinski definition) is 2. The van der Waals surface area contributed by atoms with Crippen LogP contribution in [0, 0.1) is 5.92 Å². The number of rotatable bonds is 6. The Bertz CT molecular complexity index is 1220. The van der Waals surface area contributed by atoms with Gasteiger partial charge in [0.05, 0.1) is 6.54 Å². The van der Waals surface area contributed by atoms with Gasteiger partial charge in [-0.2, -0.15) is 0 Å². The molecule has 188 valence electrons. The first-order chi connectivity index (χ1) is 17.4. The van der Waals surface area contributed by atoms with Crippen molar-refractivity contribution in [3.63, 3.8) is 0 Å². The van der Waals surface area contributed by atoms with E-state index >= 15 is 0 Å². The second kappa shape index (κ2) is 9.96. The lowest BCUT2D eigenvalue weighted by atomic mass is 9.86.